The molecule has 1 unspecified atom stereocenters. The average Bonchev–Trinajstić information content (AvgIpc) is 2.53. The monoisotopic (exact) mass is 359 g/mol. The van der Waals surface area contributed by atoms with E-state index >= 15 is 0 Å². The molecule has 1 aromatic heterocycles. The minimum absolute atomic E-state index is 0.0263. The number of aromatic nitrogens is 2. The van der Waals surface area contributed by atoms with E-state index in [9.17, 15) is 4.79 Å². The van der Waals surface area contributed by atoms with Crippen molar-refractivity contribution in [2.45, 2.75) is 51.7 Å². The zero-order valence-corrected chi connectivity index (χ0v) is 15.4. The summed E-state index contributed by atoms with van der Waals surface area (Å²) >= 11 is 5.96. The maximum Gasteiger partial charge on any atom is 0.408 e. The molecule has 1 heterocycles. The fraction of sp³-hybridized carbons (Fsp3) is 0.421. The first-order chi connectivity index (χ1) is 11.8. The third-order valence-electron chi connectivity index (χ3n) is 4.08. The van der Waals surface area contributed by atoms with Crippen molar-refractivity contribution in [3.05, 3.63) is 46.9 Å². The average molecular weight is 360 g/mol. The largest absolute Gasteiger partial charge is 0.444 e. The summed E-state index contributed by atoms with van der Waals surface area (Å²) in [5, 5.41) is 3.42. The van der Waals surface area contributed by atoms with Gasteiger partial charge in [0.05, 0.1) is 11.7 Å². The fourth-order valence-corrected chi connectivity index (χ4v) is 3.21. The zero-order chi connectivity index (χ0) is 18.0. The Morgan fingerprint density at radius 1 is 1.28 bits per heavy atom. The van der Waals surface area contributed by atoms with Gasteiger partial charge < -0.3 is 10.1 Å². The number of rotatable bonds is 2. The van der Waals surface area contributed by atoms with Crippen molar-refractivity contribution in [3.63, 3.8) is 0 Å². The van der Waals surface area contributed by atoms with Gasteiger partial charge in [-0.3, -0.25) is 0 Å². The Morgan fingerprint density at radius 2 is 2.08 bits per heavy atom. The number of carbonyl (C=O) groups is 1. The molecule has 1 atom stereocenters. The van der Waals surface area contributed by atoms with Gasteiger partial charge in [-0.2, -0.15) is 0 Å². The van der Waals surface area contributed by atoms with Crippen LogP contribution in [0, 0.1) is 0 Å². The maximum absolute atomic E-state index is 12.1. The Balaban J connectivity index is 1.82. The van der Waals surface area contributed by atoms with Crippen LogP contribution < -0.4 is 5.32 Å². The van der Waals surface area contributed by atoms with Crippen LogP contribution in [0.15, 0.2) is 30.6 Å². The van der Waals surface area contributed by atoms with Gasteiger partial charge in [0.15, 0.2) is 0 Å². The van der Waals surface area contributed by atoms with E-state index in [4.69, 9.17) is 16.3 Å². The van der Waals surface area contributed by atoms with E-state index in [0.29, 0.717) is 5.15 Å². The van der Waals surface area contributed by atoms with Crippen molar-refractivity contribution < 1.29 is 9.53 Å². The van der Waals surface area contributed by atoms with E-state index in [1.165, 1.54) is 11.9 Å². The molecule has 25 heavy (non-hydrogen) atoms. The molecule has 0 radical (unpaired) electrons. The Labute approximate surface area is 152 Å². The number of halogens is 1. The van der Waals surface area contributed by atoms with Crippen LogP contribution in [0.1, 0.15) is 50.8 Å². The topological polar surface area (TPSA) is 64.1 Å². The number of nitrogens with zero attached hydrogens (tertiary/aromatic N) is 2. The summed E-state index contributed by atoms with van der Waals surface area (Å²) in [7, 11) is 0. The highest BCUT2D eigenvalue weighted by atomic mass is 35.5. The Kier molecular flexibility index (Phi) is 4.95. The number of benzene rings is 1. The maximum atomic E-state index is 12.1. The highest BCUT2D eigenvalue weighted by Gasteiger charge is 2.25. The molecule has 0 saturated heterocycles. The first-order valence-electron chi connectivity index (χ1n) is 8.42. The Bertz CT molecular complexity index is 786. The highest BCUT2D eigenvalue weighted by molar-refractivity contribution is 6.29. The van der Waals surface area contributed by atoms with Gasteiger partial charge in [0.2, 0.25) is 0 Å². The number of amides is 1. The van der Waals surface area contributed by atoms with Crippen molar-refractivity contribution in [1.82, 2.24) is 15.3 Å². The number of hydrogen-bond acceptors (Lipinski definition) is 4. The van der Waals surface area contributed by atoms with E-state index in [1.54, 1.807) is 6.07 Å². The summed E-state index contributed by atoms with van der Waals surface area (Å²) in [5.41, 5.74) is 3.66. The van der Waals surface area contributed by atoms with Gasteiger partial charge in [-0.05, 0) is 57.2 Å². The molecule has 6 heteroatoms. The van der Waals surface area contributed by atoms with E-state index < -0.39 is 5.60 Å². The lowest BCUT2D eigenvalue weighted by Crippen LogP contribution is -2.36. The number of aryl methyl sites for hydroxylation is 1. The molecule has 1 N–H and O–H groups in total. The summed E-state index contributed by atoms with van der Waals surface area (Å²) in [5.74, 6) is 0. The normalized spacial score (nSPS) is 16.9. The lowest BCUT2D eigenvalue weighted by molar-refractivity contribution is 0.0498. The third-order valence-corrected chi connectivity index (χ3v) is 4.28. The molecule has 0 bridgehead atoms. The van der Waals surface area contributed by atoms with Gasteiger partial charge in [0.25, 0.3) is 0 Å². The fourth-order valence-electron chi connectivity index (χ4n) is 3.06. The van der Waals surface area contributed by atoms with Crippen LogP contribution in [-0.2, 0) is 11.2 Å². The molecule has 2 aromatic rings. The molecule has 1 aromatic carbocycles. The molecule has 132 valence electrons. The first kappa shape index (κ1) is 17.7. The van der Waals surface area contributed by atoms with E-state index in [2.05, 4.69) is 27.4 Å². The summed E-state index contributed by atoms with van der Waals surface area (Å²) in [6.07, 6.45) is 3.99. The lowest BCUT2D eigenvalue weighted by Gasteiger charge is -2.28. The molecule has 0 spiro atoms. The quantitative estimate of drug-likeness (QED) is 0.789. The van der Waals surface area contributed by atoms with E-state index in [1.807, 2.05) is 26.8 Å². The van der Waals surface area contributed by atoms with Gasteiger partial charge in [-0.15, -0.1) is 0 Å². The van der Waals surface area contributed by atoms with Crippen LogP contribution in [0.25, 0.3) is 11.3 Å². The zero-order valence-electron chi connectivity index (χ0n) is 14.7. The third kappa shape index (κ3) is 4.48. The van der Waals surface area contributed by atoms with Crippen LogP contribution in [0.3, 0.4) is 0 Å². The Hall–Kier alpha value is -2.14. The van der Waals surface area contributed by atoms with Crippen LogP contribution >= 0.6 is 11.6 Å². The van der Waals surface area contributed by atoms with Crippen molar-refractivity contribution in [2.24, 2.45) is 0 Å². The summed E-state index contributed by atoms with van der Waals surface area (Å²) in [4.78, 5) is 20.3. The number of ether oxygens (including phenoxy) is 1. The van der Waals surface area contributed by atoms with Crippen LogP contribution in [0.2, 0.25) is 5.15 Å². The molecule has 3 rings (SSSR count). The summed E-state index contributed by atoms with van der Waals surface area (Å²) in [6.45, 7) is 5.58. The summed E-state index contributed by atoms with van der Waals surface area (Å²) in [6, 6.07) is 7.91. The number of carbonyl (C=O) groups excluding carboxylic acids is 1. The first-order valence-corrected chi connectivity index (χ1v) is 8.80. The lowest BCUT2D eigenvalue weighted by atomic mass is 9.86. The van der Waals surface area contributed by atoms with Crippen LogP contribution in [-0.4, -0.2) is 21.7 Å². The van der Waals surface area contributed by atoms with Gasteiger partial charge in [0, 0.05) is 11.6 Å². The van der Waals surface area contributed by atoms with Gasteiger partial charge in [-0.1, -0.05) is 23.7 Å². The van der Waals surface area contributed by atoms with Crippen molar-refractivity contribution in [3.8, 4) is 11.3 Å². The second-order valence-corrected chi connectivity index (χ2v) is 7.62. The second kappa shape index (κ2) is 7.00. The van der Waals surface area contributed by atoms with E-state index in [0.717, 1.165) is 36.1 Å². The number of hydrogen-bond donors (Lipinski definition) is 1. The van der Waals surface area contributed by atoms with Gasteiger partial charge in [-0.25, -0.2) is 14.8 Å². The molecule has 0 aliphatic heterocycles. The highest BCUT2D eigenvalue weighted by Crippen LogP contribution is 2.33. The Morgan fingerprint density at radius 3 is 2.80 bits per heavy atom. The SMILES string of the molecule is CC(C)(C)OC(=O)NC1CCCc2cc(-c3cc(Cl)ncn3)ccc21. The molecule has 0 fully saturated rings. The van der Waals surface area contributed by atoms with Crippen LogP contribution in [0.4, 0.5) is 4.79 Å². The molecule has 1 aliphatic rings. The summed E-state index contributed by atoms with van der Waals surface area (Å²) < 4.78 is 5.38. The van der Waals surface area contributed by atoms with Crippen molar-refractivity contribution >= 4 is 17.7 Å². The second-order valence-electron chi connectivity index (χ2n) is 7.23. The smallest absolute Gasteiger partial charge is 0.408 e. The molecule has 5 nitrogen and oxygen atoms in total. The molecule has 0 saturated carbocycles. The van der Waals surface area contributed by atoms with Crippen molar-refractivity contribution in [1.29, 1.82) is 0 Å². The predicted octanol–water partition coefficient (Wildman–Crippen LogP) is 4.70. The molecule has 1 amide bonds. The number of nitrogens with one attached hydrogen (secondary N) is 1. The number of fused-ring (bicyclic) bond motifs is 1. The van der Waals surface area contributed by atoms with Crippen LogP contribution in [0.5, 0.6) is 0 Å². The standard InChI is InChI=1S/C19H22ClN3O2/c1-19(2,3)25-18(24)23-15-6-4-5-12-9-13(7-8-14(12)15)16-10-17(20)22-11-21-16/h7-11,15H,4-6H2,1-3H3,(H,23,24). The number of alkyl carbamates (subject to hydrolysis) is 1. The molecular weight excluding hydrogens is 338 g/mol. The van der Waals surface area contributed by atoms with E-state index in [-0.39, 0.29) is 12.1 Å². The molecular formula is C19H22ClN3O2. The van der Waals surface area contributed by atoms with Crippen molar-refractivity contribution in [2.75, 3.05) is 0 Å². The minimum atomic E-state index is -0.502. The minimum Gasteiger partial charge on any atom is -0.444 e. The van der Waals surface area contributed by atoms with Gasteiger partial charge >= 0.3 is 6.09 Å². The van der Waals surface area contributed by atoms with Gasteiger partial charge in [0.1, 0.15) is 17.1 Å². The molecule has 1 aliphatic carbocycles. The predicted molar refractivity (Wildman–Crippen MR) is 97.5 cm³/mol.